The highest BCUT2D eigenvalue weighted by Gasteiger charge is 2.18. The van der Waals surface area contributed by atoms with Crippen LogP contribution in [0.1, 0.15) is 5.69 Å². The number of ether oxygens (including phenoxy) is 3. The lowest BCUT2D eigenvalue weighted by molar-refractivity contribution is 0.324. The van der Waals surface area contributed by atoms with Crippen LogP contribution in [0.4, 0.5) is 11.5 Å². The number of aromatic amines is 3. The van der Waals surface area contributed by atoms with Gasteiger partial charge in [-0.2, -0.15) is 5.10 Å². The number of nitrogens with zero attached hydrogens (tertiary/aromatic N) is 3. The number of rotatable bonds is 6. The quantitative estimate of drug-likeness (QED) is 0.583. The second kappa shape index (κ2) is 7.13. The Morgan fingerprint density at radius 1 is 0.962 bits per heavy atom. The largest absolute Gasteiger partial charge is 0.493 e. The summed E-state index contributed by atoms with van der Waals surface area (Å²) in [6, 6.07) is 5.12. The van der Waals surface area contributed by atoms with E-state index in [1.165, 1.54) is 21.3 Å². The standard InChI is InChI=1S/C16H18N6O4/c1-8-5-12(18-17-8)19-21-14-13(20-22-16(14)23)9-6-10(24-2)15(26-4)11(7-9)25-3/h5-7H,1-4H3,(H,17,18)(H2,20,22,23). The summed E-state index contributed by atoms with van der Waals surface area (Å²) >= 11 is 0. The molecule has 26 heavy (non-hydrogen) atoms. The lowest BCUT2D eigenvalue weighted by Crippen LogP contribution is -1.97. The molecule has 10 nitrogen and oxygen atoms in total. The van der Waals surface area contributed by atoms with Gasteiger partial charge in [-0.25, -0.2) is 0 Å². The van der Waals surface area contributed by atoms with E-state index in [9.17, 15) is 4.79 Å². The highest BCUT2D eigenvalue weighted by molar-refractivity contribution is 5.75. The van der Waals surface area contributed by atoms with Gasteiger partial charge in [0.25, 0.3) is 5.56 Å². The first-order chi connectivity index (χ1) is 12.6. The molecule has 0 radical (unpaired) electrons. The van der Waals surface area contributed by atoms with Gasteiger partial charge >= 0.3 is 0 Å². The van der Waals surface area contributed by atoms with Crippen LogP contribution in [-0.2, 0) is 0 Å². The number of aromatic nitrogens is 4. The Morgan fingerprint density at radius 2 is 1.65 bits per heavy atom. The van der Waals surface area contributed by atoms with E-state index in [1.54, 1.807) is 18.2 Å². The Morgan fingerprint density at radius 3 is 2.19 bits per heavy atom. The number of H-pyrrole nitrogens is 3. The van der Waals surface area contributed by atoms with E-state index >= 15 is 0 Å². The zero-order valence-corrected chi connectivity index (χ0v) is 14.7. The highest BCUT2D eigenvalue weighted by atomic mass is 16.5. The maximum absolute atomic E-state index is 12.1. The maximum atomic E-state index is 12.1. The first kappa shape index (κ1) is 17.3. The van der Waals surface area contributed by atoms with E-state index in [0.717, 1.165) is 5.69 Å². The van der Waals surface area contributed by atoms with Gasteiger partial charge in [-0.05, 0) is 19.1 Å². The minimum absolute atomic E-state index is 0.111. The molecule has 0 amide bonds. The second-order valence-electron chi connectivity index (χ2n) is 5.33. The molecule has 3 N–H and O–H groups in total. The van der Waals surface area contributed by atoms with Gasteiger partial charge in [0.2, 0.25) is 5.75 Å². The maximum Gasteiger partial charge on any atom is 0.292 e. The summed E-state index contributed by atoms with van der Waals surface area (Å²) in [5, 5.41) is 20.0. The minimum atomic E-state index is -0.412. The molecule has 0 fully saturated rings. The molecule has 0 aliphatic heterocycles. The van der Waals surface area contributed by atoms with Crippen LogP contribution in [0.2, 0.25) is 0 Å². The fraction of sp³-hybridized carbons (Fsp3) is 0.250. The SMILES string of the molecule is COc1cc(-c2[nH][nH]c(=O)c2N=Nc2cc(C)[nH]n2)cc(OC)c1OC. The summed E-state index contributed by atoms with van der Waals surface area (Å²) in [6.07, 6.45) is 0. The molecule has 136 valence electrons. The zero-order valence-electron chi connectivity index (χ0n) is 14.7. The Hall–Kier alpha value is -3.56. The Kier molecular flexibility index (Phi) is 4.74. The lowest BCUT2D eigenvalue weighted by Gasteiger charge is -2.13. The normalized spacial score (nSPS) is 11.1. The van der Waals surface area contributed by atoms with Crippen molar-refractivity contribution in [1.82, 2.24) is 20.4 Å². The molecule has 10 heteroatoms. The van der Waals surface area contributed by atoms with Crippen LogP contribution in [-0.4, -0.2) is 41.7 Å². The predicted molar refractivity (Wildman–Crippen MR) is 94.0 cm³/mol. The van der Waals surface area contributed by atoms with E-state index in [1.807, 2.05) is 6.92 Å². The van der Waals surface area contributed by atoms with Gasteiger partial charge < -0.3 is 14.2 Å². The summed E-state index contributed by atoms with van der Waals surface area (Å²) < 4.78 is 16.0. The summed E-state index contributed by atoms with van der Waals surface area (Å²) in [5.41, 5.74) is 1.59. The van der Waals surface area contributed by atoms with Gasteiger partial charge in [0.05, 0.1) is 27.0 Å². The topological polar surface area (TPSA) is 130 Å². The molecule has 0 bridgehead atoms. The monoisotopic (exact) mass is 358 g/mol. The molecule has 0 saturated heterocycles. The van der Waals surface area contributed by atoms with E-state index in [2.05, 4.69) is 30.6 Å². The van der Waals surface area contributed by atoms with Crippen LogP contribution < -0.4 is 19.8 Å². The van der Waals surface area contributed by atoms with E-state index in [0.29, 0.717) is 34.3 Å². The van der Waals surface area contributed by atoms with Crippen LogP contribution in [0.25, 0.3) is 11.3 Å². The van der Waals surface area contributed by atoms with Crippen molar-refractivity contribution in [3.8, 4) is 28.5 Å². The Bertz CT molecular complexity index is 975. The van der Waals surface area contributed by atoms with Gasteiger partial charge in [0.15, 0.2) is 23.0 Å². The van der Waals surface area contributed by atoms with Crippen LogP contribution >= 0.6 is 0 Å². The molecule has 0 aliphatic carbocycles. The molecular formula is C16H18N6O4. The minimum Gasteiger partial charge on any atom is -0.493 e. The Labute approximate surface area is 148 Å². The summed E-state index contributed by atoms with van der Waals surface area (Å²) in [5.74, 6) is 1.73. The number of nitrogens with one attached hydrogen (secondary N) is 3. The molecular weight excluding hydrogens is 340 g/mol. The molecule has 3 aromatic rings. The molecule has 0 spiro atoms. The van der Waals surface area contributed by atoms with Crippen LogP contribution in [0.15, 0.2) is 33.2 Å². The van der Waals surface area contributed by atoms with Crippen molar-refractivity contribution in [2.45, 2.75) is 6.92 Å². The average Bonchev–Trinajstić information content (AvgIpc) is 3.23. The molecule has 0 atom stereocenters. The molecule has 0 aliphatic rings. The third kappa shape index (κ3) is 3.16. The molecule has 3 rings (SSSR count). The molecule has 2 heterocycles. The van der Waals surface area contributed by atoms with Crippen molar-refractivity contribution >= 4 is 11.5 Å². The van der Waals surface area contributed by atoms with Crippen molar-refractivity contribution in [2.75, 3.05) is 21.3 Å². The van der Waals surface area contributed by atoms with Crippen molar-refractivity contribution in [3.05, 3.63) is 34.2 Å². The van der Waals surface area contributed by atoms with Crippen LogP contribution in [0.3, 0.4) is 0 Å². The highest BCUT2D eigenvalue weighted by Crippen LogP contribution is 2.42. The summed E-state index contributed by atoms with van der Waals surface area (Å²) in [7, 11) is 4.55. The van der Waals surface area contributed by atoms with E-state index in [-0.39, 0.29) is 5.69 Å². The number of hydrogen-bond donors (Lipinski definition) is 3. The van der Waals surface area contributed by atoms with Gasteiger partial charge in [-0.1, -0.05) is 0 Å². The van der Waals surface area contributed by atoms with Gasteiger partial charge in [-0.15, -0.1) is 10.2 Å². The third-order valence-electron chi connectivity index (χ3n) is 3.65. The Balaban J connectivity index is 2.08. The van der Waals surface area contributed by atoms with E-state index < -0.39 is 5.56 Å². The summed E-state index contributed by atoms with van der Waals surface area (Å²) in [4.78, 5) is 12.1. The van der Waals surface area contributed by atoms with Gasteiger partial charge in [0.1, 0.15) is 0 Å². The lowest BCUT2D eigenvalue weighted by atomic mass is 10.1. The third-order valence-corrected chi connectivity index (χ3v) is 3.65. The first-order valence-corrected chi connectivity index (χ1v) is 7.62. The smallest absolute Gasteiger partial charge is 0.292 e. The molecule has 2 aromatic heterocycles. The first-order valence-electron chi connectivity index (χ1n) is 7.62. The number of aryl methyl sites for hydroxylation is 1. The number of methoxy groups -OCH3 is 3. The van der Waals surface area contributed by atoms with Crippen molar-refractivity contribution in [3.63, 3.8) is 0 Å². The van der Waals surface area contributed by atoms with Gasteiger partial charge in [-0.3, -0.25) is 20.1 Å². The summed E-state index contributed by atoms with van der Waals surface area (Å²) in [6.45, 7) is 1.84. The van der Waals surface area contributed by atoms with Crippen LogP contribution in [0, 0.1) is 6.92 Å². The molecule has 0 saturated carbocycles. The average molecular weight is 358 g/mol. The van der Waals surface area contributed by atoms with Crippen molar-refractivity contribution < 1.29 is 14.2 Å². The van der Waals surface area contributed by atoms with Crippen molar-refractivity contribution in [2.24, 2.45) is 10.2 Å². The zero-order chi connectivity index (χ0) is 18.7. The fourth-order valence-electron chi connectivity index (χ4n) is 2.44. The van der Waals surface area contributed by atoms with Gasteiger partial charge in [0, 0.05) is 17.3 Å². The predicted octanol–water partition coefficient (Wildman–Crippen LogP) is 2.84. The van der Waals surface area contributed by atoms with Crippen LogP contribution in [0.5, 0.6) is 17.2 Å². The number of benzene rings is 1. The number of hydrogen-bond acceptors (Lipinski definition) is 7. The molecule has 1 aromatic carbocycles. The molecule has 0 unspecified atom stereocenters. The number of azo groups is 1. The van der Waals surface area contributed by atoms with E-state index in [4.69, 9.17) is 14.2 Å². The fourth-order valence-corrected chi connectivity index (χ4v) is 2.44. The second-order valence-corrected chi connectivity index (χ2v) is 5.33. The van der Waals surface area contributed by atoms with Crippen molar-refractivity contribution in [1.29, 1.82) is 0 Å².